The van der Waals surface area contributed by atoms with E-state index in [1.54, 1.807) is 24.5 Å². The van der Waals surface area contributed by atoms with Gasteiger partial charge in [0.1, 0.15) is 18.1 Å². The molecule has 1 aliphatic rings. The molecule has 0 saturated heterocycles. The molecule has 0 bridgehead atoms. The number of ether oxygens (including phenoxy) is 3. The minimum absolute atomic E-state index is 0.0174. The van der Waals surface area contributed by atoms with Crippen LogP contribution >= 0.6 is 22.9 Å². The Morgan fingerprint density at radius 2 is 1.79 bits per heavy atom. The van der Waals surface area contributed by atoms with Gasteiger partial charge in [-0.15, -0.1) is 0 Å². The van der Waals surface area contributed by atoms with Crippen molar-refractivity contribution >= 4 is 35.0 Å². The van der Waals surface area contributed by atoms with Gasteiger partial charge in [0, 0.05) is 10.6 Å². The fourth-order valence-electron chi connectivity index (χ4n) is 4.72. The molecule has 2 heterocycles. The summed E-state index contributed by atoms with van der Waals surface area (Å²) in [7, 11) is 0. The quantitative estimate of drug-likeness (QED) is 0.226. The van der Waals surface area contributed by atoms with Crippen LogP contribution in [-0.4, -0.2) is 23.2 Å². The summed E-state index contributed by atoms with van der Waals surface area (Å²) < 4.78 is 19.4. The second-order valence-electron chi connectivity index (χ2n) is 9.99. The highest BCUT2D eigenvalue weighted by Gasteiger charge is 2.33. The summed E-state index contributed by atoms with van der Waals surface area (Å²) in [5.74, 6) is 0.843. The van der Waals surface area contributed by atoms with Crippen LogP contribution in [-0.2, 0) is 16.1 Å². The zero-order valence-corrected chi connectivity index (χ0v) is 25.4. The molecule has 0 saturated carbocycles. The van der Waals surface area contributed by atoms with Crippen LogP contribution in [0.2, 0.25) is 5.02 Å². The number of hydrogen-bond donors (Lipinski definition) is 0. The molecule has 0 unspecified atom stereocenters. The molecule has 42 heavy (non-hydrogen) atoms. The maximum Gasteiger partial charge on any atom is 0.338 e. The van der Waals surface area contributed by atoms with E-state index in [-0.39, 0.29) is 18.3 Å². The molecule has 7 nitrogen and oxygen atoms in total. The Morgan fingerprint density at radius 3 is 2.48 bits per heavy atom. The van der Waals surface area contributed by atoms with Gasteiger partial charge in [-0.25, -0.2) is 9.79 Å². The zero-order chi connectivity index (χ0) is 29.8. The van der Waals surface area contributed by atoms with E-state index in [0.717, 1.165) is 16.7 Å². The summed E-state index contributed by atoms with van der Waals surface area (Å²) in [6.45, 7) is 7.99. The largest absolute Gasteiger partial charge is 0.491 e. The SMILES string of the molecule is CCOC(=O)C1=C(C)N=c2s/c(=C/c3ccccc3OCc3ccc(Cl)cc3)c(=O)n2[C@H]1c1ccc(OC(C)C)cc1. The first-order valence-corrected chi connectivity index (χ1v) is 14.9. The summed E-state index contributed by atoms with van der Waals surface area (Å²) in [5, 5.41) is 0.661. The number of aromatic nitrogens is 1. The topological polar surface area (TPSA) is 79.1 Å². The number of halogens is 1. The van der Waals surface area contributed by atoms with Crippen LogP contribution < -0.4 is 24.4 Å². The van der Waals surface area contributed by atoms with Crippen molar-refractivity contribution in [2.75, 3.05) is 6.61 Å². The maximum absolute atomic E-state index is 14.0. The van der Waals surface area contributed by atoms with E-state index in [1.165, 1.54) is 11.3 Å². The molecule has 216 valence electrons. The molecule has 0 amide bonds. The van der Waals surface area contributed by atoms with E-state index in [0.29, 0.717) is 43.7 Å². The lowest BCUT2D eigenvalue weighted by atomic mass is 9.96. The monoisotopic (exact) mass is 602 g/mol. The summed E-state index contributed by atoms with van der Waals surface area (Å²) in [5.41, 5.74) is 3.07. The highest BCUT2D eigenvalue weighted by Crippen LogP contribution is 2.32. The number of benzene rings is 3. The third kappa shape index (κ3) is 6.35. The van der Waals surface area contributed by atoms with Crippen molar-refractivity contribution in [2.45, 2.75) is 46.4 Å². The Labute approximate surface area is 253 Å². The number of carbonyl (C=O) groups excluding carboxylic acids is 1. The van der Waals surface area contributed by atoms with Crippen LogP contribution in [0.1, 0.15) is 50.4 Å². The summed E-state index contributed by atoms with van der Waals surface area (Å²) in [6.07, 6.45) is 1.82. The van der Waals surface area contributed by atoms with Gasteiger partial charge in [0.25, 0.3) is 5.56 Å². The number of rotatable bonds is 9. The van der Waals surface area contributed by atoms with Crippen molar-refractivity contribution in [2.24, 2.45) is 4.99 Å². The highest BCUT2D eigenvalue weighted by atomic mass is 35.5. The first kappa shape index (κ1) is 29.4. The average Bonchev–Trinajstić information content (AvgIpc) is 3.27. The summed E-state index contributed by atoms with van der Waals surface area (Å²) in [4.78, 5) is 32.3. The van der Waals surface area contributed by atoms with E-state index < -0.39 is 12.0 Å². The molecule has 5 rings (SSSR count). The average molecular weight is 603 g/mol. The molecule has 0 N–H and O–H groups in total. The van der Waals surface area contributed by atoms with Gasteiger partial charge in [0.2, 0.25) is 0 Å². The first-order valence-electron chi connectivity index (χ1n) is 13.7. The molecular formula is C33H31ClN2O5S. The fraction of sp³-hybridized carbons (Fsp3) is 0.242. The van der Waals surface area contributed by atoms with Crippen molar-refractivity contribution < 1.29 is 19.0 Å². The number of allylic oxidation sites excluding steroid dienone is 1. The van der Waals surface area contributed by atoms with Crippen LogP contribution in [0.4, 0.5) is 0 Å². The number of hydrogen-bond acceptors (Lipinski definition) is 7. The minimum Gasteiger partial charge on any atom is -0.491 e. The van der Waals surface area contributed by atoms with Crippen molar-refractivity contribution in [1.29, 1.82) is 0 Å². The molecule has 9 heteroatoms. The van der Waals surface area contributed by atoms with Crippen LogP contribution in [0, 0.1) is 0 Å². The van der Waals surface area contributed by atoms with Crippen LogP contribution in [0.3, 0.4) is 0 Å². The molecule has 0 spiro atoms. The predicted octanol–water partition coefficient (Wildman–Crippen LogP) is 5.82. The number of thiazole rings is 1. The van der Waals surface area contributed by atoms with Gasteiger partial charge in [-0.05, 0) is 75.2 Å². The normalized spacial score (nSPS) is 14.9. The second-order valence-corrected chi connectivity index (χ2v) is 11.4. The van der Waals surface area contributed by atoms with Gasteiger partial charge in [-0.2, -0.15) is 0 Å². The van der Waals surface area contributed by atoms with Gasteiger partial charge < -0.3 is 14.2 Å². The number of esters is 1. The van der Waals surface area contributed by atoms with Crippen LogP contribution in [0.15, 0.2) is 93.9 Å². The van der Waals surface area contributed by atoms with Crippen molar-refractivity contribution in [1.82, 2.24) is 4.57 Å². The maximum atomic E-state index is 14.0. The third-order valence-electron chi connectivity index (χ3n) is 6.60. The lowest BCUT2D eigenvalue weighted by Gasteiger charge is -2.25. The molecule has 0 aliphatic carbocycles. The Hall–Kier alpha value is -4.14. The molecule has 4 aromatic rings. The molecule has 1 aromatic heterocycles. The third-order valence-corrected chi connectivity index (χ3v) is 7.83. The molecule has 3 aromatic carbocycles. The number of nitrogens with zero attached hydrogens (tertiary/aromatic N) is 2. The summed E-state index contributed by atoms with van der Waals surface area (Å²) in [6, 6.07) is 21.7. The van der Waals surface area contributed by atoms with Crippen molar-refractivity contribution in [3.05, 3.63) is 125 Å². The predicted molar refractivity (Wildman–Crippen MR) is 165 cm³/mol. The molecule has 0 radical (unpaired) electrons. The zero-order valence-electron chi connectivity index (χ0n) is 23.8. The van der Waals surface area contributed by atoms with Crippen LogP contribution in [0.5, 0.6) is 11.5 Å². The lowest BCUT2D eigenvalue weighted by Crippen LogP contribution is -2.39. The standard InChI is InChI=1S/C33H31ClN2O5S/c1-5-39-32(38)29-21(4)35-33-36(30(29)23-12-16-26(17-13-23)41-20(2)3)31(37)28(42-33)18-24-8-6-7-9-27(24)40-19-22-10-14-25(34)15-11-22/h6-18,20,30H,5,19H2,1-4H3/b28-18+/t30-/m0/s1. The Balaban J connectivity index is 1.57. The number of fused-ring (bicyclic) bond motifs is 1. The van der Waals surface area contributed by atoms with E-state index in [4.69, 9.17) is 25.8 Å². The Kier molecular flexibility index (Phi) is 8.94. The highest BCUT2D eigenvalue weighted by molar-refractivity contribution is 7.07. The number of para-hydroxylation sites is 1. The molecule has 1 aliphatic heterocycles. The van der Waals surface area contributed by atoms with Crippen molar-refractivity contribution in [3.8, 4) is 11.5 Å². The molecule has 0 fully saturated rings. The molecular weight excluding hydrogens is 572 g/mol. The van der Waals surface area contributed by atoms with E-state index >= 15 is 0 Å². The van der Waals surface area contributed by atoms with Gasteiger partial charge in [0.05, 0.1) is 34.6 Å². The van der Waals surface area contributed by atoms with E-state index in [2.05, 4.69) is 4.99 Å². The number of carbonyl (C=O) groups is 1. The van der Waals surface area contributed by atoms with Gasteiger partial charge in [0.15, 0.2) is 4.80 Å². The first-order chi connectivity index (χ1) is 20.2. The summed E-state index contributed by atoms with van der Waals surface area (Å²) >= 11 is 7.28. The Bertz CT molecular complexity index is 1800. The van der Waals surface area contributed by atoms with E-state index in [1.807, 2.05) is 86.6 Å². The minimum atomic E-state index is -0.702. The Morgan fingerprint density at radius 1 is 1.07 bits per heavy atom. The van der Waals surface area contributed by atoms with Gasteiger partial charge in [-0.3, -0.25) is 9.36 Å². The van der Waals surface area contributed by atoms with Crippen molar-refractivity contribution in [3.63, 3.8) is 0 Å². The van der Waals surface area contributed by atoms with Gasteiger partial charge in [-0.1, -0.05) is 65.4 Å². The lowest BCUT2D eigenvalue weighted by molar-refractivity contribution is -0.139. The second kappa shape index (κ2) is 12.8. The van der Waals surface area contributed by atoms with Crippen LogP contribution in [0.25, 0.3) is 6.08 Å². The fourth-order valence-corrected chi connectivity index (χ4v) is 5.89. The van der Waals surface area contributed by atoms with Gasteiger partial charge >= 0.3 is 5.97 Å². The smallest absolute Gasteiger partial charge is 0.338 e. The van der Waals surface area contributed by atoms with E-state index in [9.17, 15) is 9.59 Å². The molecule has 1 atom stereocenters.